The summed E-state index contributed by atoms with van der Waals surface area (Å²) in [6, 6.07) is 2.91. The Morgan fingerprint density at radius 2 is 2.37 bits per heavy atom. The van der Waals surface area contributed by atoms with Gasteiger partial charge in [0.05, 0.1) is 5.02 Å². The molecule has 1 heterocycles. The molecule has 0 bridgehead atoms. The van der Waals surface area contributed by atoms with E-state index in [9.17, 15) is 4.79 Å². The molecule has 1 aromatic heterocycles. The number of nitrogens with one attached hydrogen (secondary N) is 2. The van der Waals surface area contributed by atoms with Gasteiger partial charge in [-0.2, -0.15) is 4.99 Å². The van der Waals surface area contributed by atoms with Crippen molar-refractivity contribution < 1.29 is 4.79 Å². The number of carbonyl (C=O) groups is 1. The Kier molecular flexibility index (Phi) is 4.35. The normalized spacial score (nSPS) is 15.0. The summed E-state index contributed by atoms with van der Waals surface area (Å²) in [4.78, 5) is 19.5. The van der Waals surface area contributed by atoms with Crippen molar-refractivity contribution in [1.82, 2.24) is 15.6 Å². The van der Waals surface area contributed by atoms with Crippen LogP contribution >= 0.6 is 11.6 Å². The van der Waals surface area contributed by atoms with Crippen LogP contribution in [0.15, 0.2) is 35.1 Å². The summed E-state index contributed by atoms with van der Waals surface area (Å²) < 4.78 is 0. The van der Waals surface area contributed by atoms with E-state index < -0.39 is 6.03 Å². The summed E-state index contributed by atoms with van der Waals surface area (Å²) in [7, 11) is 0. The van der Waals surface area contributed by atoms with Gasteiger partial charge in [-0.3, -0.25) is 5.32 Å². The highest BCUT2D eigenvalue weighted by atomic mass is 35.5. The molecule has 19 heavy (non-hydrogen) atoms. The second-order valence-electron chi connectivity index (χ2n) is 4.01. The largest absolute Gasteiger partial charge is 0.369 e. The molecule has 4 N–H and O–H groups in total. The molecule has 2 rings (SSSR count). The van der Waals surface area contributed by atoms with Gasteiger partial charge in [0, 0.05) is 11.9 Å². The van der Waals surface area contributed by atoms with E-state index in [-0.39, 0.29) is 11.8 Å². The van der Waals surface area contributed by atoms with Gasteiger partial charge in [-0.15, -0.1) is 0 Å². The number of urea groups is 1. The lowest BCUT2D eigenvalue weighted by molar-refractivity contribution is 0.247. The topological polar surface area (TPSA) is 92.4 Å². The third-order valence-corrected chi connectivity index (χ3v) is 2.82. The minimum absolute atomic E-state index is 0.0586. The molecule has 7 heteroatoms. The second-order valence-corrected chi connectivity index (χ2v) is 4.41. The molecular formula is C12H14ClN5O. The van der Waals surface area contributed by atoms with Crippen molar-refractivity contribution in [3.8, 4) is 0 Å². The molecule has 0 unspecified atom stereocenters. The molecule has 0 saturated heterocycles. The Morgan fingerprint density at radius 3 is 3.05 bits per heavy atom. The molecular weight excluding hydrogens is 266 g/mol. The average Bonchev–Trinajstić information content (AvgIpc) is 2.84. The Labute approximate surface area is 115 Å². The number of halogens is 1. The Bertz CT molecular complexity index is 541. The lowest BCUT2D eigenvalue weighted by Crippen LogP contribution is -2.42. The van der Waals surface area contributed by atoms with Gasteiger partial charge in [-0.25, -0.2) is 9.78 Å². The second kappa shape index (κ2) is 6.19. The molecule has 0 aromatic carbocycles. The number of hydrogen-bond donors (Lipinski definition) is 3. The van der Waals surface area contributed by atoms with Crippen LogP contribution in [0.4, 0.5) is 10.6 Å². The number of amides is 2. The van der Waals surface area contributed by atoms with Crippen molar-refractivity contribution >= 4 is 29.4 Å². The maximum atomic E-state index is 11.6. The highest BCUT2D eigenvalue weighted by Crippen LogP contribution is 2.20. The van der Waals surface area contributed by atoms with E-state index in [2.05, 4.69) is 20.6 Å². The van der Waals surface area contributed by atoms with Gasteiger partial charge in [0.1, 0.15) is 0 Å². The first-order valence-electron chi connectivity index (χ1n) is 5.87. The number of pyridine rings is 1. The summed E-state index contributed by atoms with van der Waals surface area (Å²) in [6.07, 6.45) is 6.45. The van der Waals surface area contributed by atoms with E-state index in [4.69, 9.17) is 17.3 Å². The zero-order valence-electron chi connectivity index (χ0n) is 10.2. The van der Waals surface area contributed by atoms with Gasteiger partial charge in [0.25, 0.3) is 0 Å². The molecule has 0 fully saturated rings. The van der Waals surface area contributed by atoms with E-state index >= 15 is 0 Å². The van der Waals surface area contributed by atoms with Crippen LogP contribution in [-0.4, -0.2) is 17.0 Å². The molecule has 1 aromatic rings. The van der Waals surface area contributed by atoms with E-state index in [1.807, 2.05) is 6.08 Å². The predicted octanol–water partition coefficient (Wildman–Crippen LogP) is 2.05. The number of guanidine groups is 1. The predicted molar refractivity (Wildman–Crippen MR) is 74.1 cm³/mol. The van der Waals surface area contributed by atoms with Gasteiger partial charge in [-0.1, -0.05) is 17.7 Å². The summed E-state index contributed by atoms with van der Waals surface area (Å²) in [6.45, 7) is 0. The van der Waals surface area contributed by atoms with Gasteiger partial charge in [0.15, 0.2) is 5.82 Å². The molecule has 0 radical (unpaired) electrons. The fraction of sp³-hybridized carbons (Fsp3) is 0.250. The standard InChI is InChI=1S/C12H14ClN5O/c13-9-6-3-7-15-10(9)17-11(14)18-12(19)16-8-4-1-2-5-8/h3-4,6-7H,1-2,5H2,(H4,14,15,16,17,18,19). The zero-order valence-corrected chi connectivity index (χ0v) is 10.9. The number of carbonyl (C=O) groups excluding carboxylic acids is 1. The minimum Gasteiger partial charge on any atom is -0.369 e. The van der Waals surface area contributed by atoms with Gasteiger partial charge in [-0.05, 0) is 31.4 Å². The number of aromatic nitrogens is 1. The first-order valence-corrected chi connectivity index (χ1v) is 6.24. The molecule has 0 saturated carbocycles. The number of allylic oxidation sites excluding steroid dienone is 2. The monoisotopic (exact) mass is 279 g/mol. The number of aliphatic imine (C=N–C) groups is 1. The van der Waals surface area contributed by atoms with E-state index in [0.717, 1.165) is 25.0 Å². The number of nitrogens with zero attached hydrogens (tertiary/aromatic N) is 2. The smallest absolute Gasteiger partial charge is 0.325 e. The highest BCUT2D eigenvalue weighted by molar-refractivity contribution is 6.32. The van der Waals surface area contributed by atoms with Crippen LogP contribution in [-0.2, 0) is 0 Å². The lowest BCUT2D eigenvalue weighted by Gasteiger charge is -2.07. The van der Waals surface area contributed by atoms with E-state index in [0.29, 0.717) is 5.02 Å². The van der Waals surface area contributed by atoms with Crippen LogP contribution in [0, 0.1) is 0 Å². The highest BCUT2D eigenvalue weighted by Gasteiger charge is 2.09. The van der Waals surface area contributed by atoms with Crippen molar-refractivity contribution in [2.45, 2.75) is 19.3 Å². The molecule has 100 valence electrons. The van der Waals surface area contributed by atoms with Crippen molar-refractivity contribution in [3.05, 3.63) is 35.1 Å². The Hall–Kier alpha value is -2.08. The maximum absolute atomic E-state index is 11.6. The van der Waals surface area contributed by atoms with Crippen LogP contribution in [0.3, 0.4) is 0 Å². The summed E-state index contributed by atoms with van der Waals surface area (Å²) in [5, 5.41) is 5.49. The molecule has 6 nitrogen and oxygen atoms in total. The number of nitrogens with two attached hydrogens (primary N) is 1. The van der Waals surface area contributed by atoms with Crippen molar-refractivity contribution in [2.24, 2.45) is 10.7 Å². The third kappa shape index (κ3) is 3.96. The number of hydrogen-bond acceptors (Lipinski definition) is 3. The van der Waals surface area contributed by atoms with Crippen LogP contribution in [0.5, 0.6) is 0 Å². The fourth-order valence-electron chi connectivity index (χ4n) is 1.68. The zero-order chi connectivity index (χ0) is 13.7. The van der Waals surface area contributed by atoms with E-state index in [1.165, 1.54) is 0 Å². The SMILES string of the molecule is N/C(=N\c1ncccc1Cl)NC(=O)NC1=CCCC1. The van der Waals surface area contributed by atoms with Gasteiger partial charge >= 0.3 is 6.03 Å². The van der Waals surface area contributed by atoms with Crippen molar-refractivity contribution in [3.63, 3.8) is 0 Å². The van der Waals surface area contributed by atoms with Crippen LogP contribution < -0.4 is 16.4 Å². The third-order valence-electron chi connectivity index (χ3n) is 2.52. The molecule has 2 amide bonds. The lowest BCUT2D eigenvalue weighted by atomic mass is 10.3. The van der Waals surface area contributed by atoms with Crippen molar-refractivity contribution in [2.75, 3.05) is 0 Å². The van der Waals surface area contributed by atoms with Gasteiger partial charge in [0.2, 0.25) is 5.96 Å². The first-order chi connectivity index (χ1) is 9.15. The molecule has 1 aliphatic rings. The van der Waals surface area contributed by atoms with Crippen LogP contribution in [0.1, 0.15) is 19.3 Å². The maximum Gasteiger partial charge on any atom is 0.325 e. The summed E-state index contributed by atoms with van der Waals surface area (Å²) in [5.74, 6) is 0.207. The Morgan fingerprint density at radius 1 is 1.53 bits per heavy atom. The fourth-order valence-corrected chi connectivity index (χ4v) is 1.84. The van der Waals surface area contributed by atoms with Crippen molar-refractivity contribution in [1.29, 1.82) is 0 Å². The average molecular weight is 280 g/mol. The van der Waals surface area contributed by atoms with Crippen LogP contribution in [0.25, 0.3) is 0 Å². The molecule has 0 atom stereocenters. The van der Waals surface area contributed by atoms with E-state index in [1.54, 1.807) is 18.3 Å². The summed E-state index contributed by atoms with van der Waals surface area (Å²) >= 11 is 5.88. The molecule has 1 aliphatic carbocycles. The van der Waals surface area contributed by atoms with Gasteiger partial charge < -0.3 is 11.1 Å². The minimum atomic E-state index is -0.415. The quantitative estimate of drug-likeness (QED) is 0.571. The summed E-state index contributed by atoms with van der Waals surface area (Å²) in [5.41, 5.74) is 6.51. The first kappa shape index (κ1) is 13.4. The van der Waals surface area contributed by atoms with Crippen LogP contribution in [0.2, 0.25) is 5.02 Å². The molecule has 0 spiro atoms. The molecule has 0 aliphatic heterocycles. The number of rotatable bonds is 2. The Balaban J connectivity index is 1.95.